The molecule has 0 fully saturated rings. The van der Waals surface area contributed by atoms with Crippen molar-refractivity contribution in [3.8, 4) is 0 Å². The number of hydrogen-bond acceptors (Lipinski definition) is 2. The molecule has 1 N–H and O–H groups in total. The van der Waals surface area contributed by atoms with Gasteiger partial charge >= 0.3 is 0 Å². The van der Waals surface area contributed by atoms with Crippen LogP contribution in [0.5, 0.6) is 0 Å². The summed E-state index contributed by atoms with van der Waals surface area (Å²) in [5, 5.41) is 8.11. The molecule has 1 rings (SSSR count). The monoisotopic (exact) mass is 343 g/mol. The van der Waals surface area contributed by atoms with Crippen LogP contribution < -0.4 is 5.32 Å². The van der Waals surface area contributed by atoms with Crippen molar-refractivity contribution >= 4 is 15.9 Å². The van der Waals surface area contributed by atoms with Gasteiger partial charge in [0, 0.05) is 7.05 Å². The number of rotatable bonds is 8. The molecule has 1 atom stereocenters. The minimum absolute atomic E-state index is 0.667. The summed E-state index contributed by atoms with van der Waals surface area (Å²) in [5.74, 6) is 2.11. The van der Waals surface area contributed by atoms with E-state index in [1.165, 1.54) is 16.6 Å². The van der Waals surface area contributed by atoms with Crippen LogP contribution in [0.1, 0.15) is 45.5 Å². The molecule has 0 spiro atoms. The van der Waals surface area contributed by atoms with Crippen molar-refractivity contribution in [3.63, 3.8) is 0 Å². The lowest BCUT2D eigenvalue weighted by Gasteiger charge is -2.20. The first kappa shape index (κ1) is 17.7. The third-order valence-corrected chi connectivity index (χ3v) is 4.57. The van der Waals surface area contributed by atoms with Crippen LogP contribution in [0.2, 0.25) is 0 Å². The first-order valence-corrected chi connectivity index (χ1v) is 8.49. The Labute approximate surface area is 132 Å². The average Bonchev–Trinajstić information content (AvgIpc) is 2.54. The van der Waals surface area contributed by atoms with E-state index in [1.54, 1.807) is 0 Å². The molecule has 0 aliphatic rings. The van der Waals surface area contributed by atoms with Crippen LogP contribution in [0, 0.1) is 24.7 Å². The zero-order chi connectivity index (χ0) is 15.3. The summed E-state index contributed by atoms with van der Waals surface area (Å²) >= 11 is 3.68. The molecule has 1 unspecified atom stereocenters. The van der Waals surface area contributed by atoms with E-state index in [2.05, 4.69) is 61.0 Å². The van der Waals surface area contributed by atoms with Gasteiger partial charge in [-0.15, -0.1) is 0 Å². The summed E-state index contributed by atoms with van der Waals surface area (Å²) in [5.41, 5.74) is 2.40. The second-order valence-electron chi connectivity index (χ2n) is 6.72. The first-order valence-electron chi connectivity index (χ1n) is 7.69. The van der Waals surface area contributed by atoms with Crippen molar-refractivity contribution in [2.45, 2.75) is 47.5 Å². The lowest BCUT2D eigenvalue weighted by Crippen LogP contribution is -2.29. The number of nitrogens with zero attached hydrogens (tertiary/aromatic N) is 2. The van der Waals surface area contributed by atoms with E-state index >= 15 is 0 Å². The zero-order valence-corrected chi connectivity index (χ0v) is 15.4. The normalized spacial score (nSPS) is 13.4. The van der Waals surface area contributed by atoms with Gasteiger partial charge in [-0.05, 0) is 66.5 Å². The predicted octanol–water partition coefficient (Wildman–Crippen LogP) is 3.94. The quantitative estimate of drug-likeness (QED) is 0.774. The van der Waals surface area contributed by atoms with Crippen LogP contribution in [0.3, 0.4) is 0 Å². The van der Waals surface area contributed by atoms with Gasteiger partial charge in [0.15, 0.2) is 0 Å². The summed E-state index contributed by atoms with van der Waals surface area (Å²) in [7, 11) is 2.04. The molecule has 0 saturated heterocycles. The molecule has 1 aromatic rings. The van der Waals surface area contributed by atoms with Gasteiger partial charge in [-0.1, -0.05) is 27.7 Å². The number of aromatic nitrogens is 2. The van der Waals surface area contributed by atoms with E-state index in [1.807, 2.05) is 11.7 Å². The van der Waals surface area contributed by atoms with Gasteiger partial charge < -0.3 is 5.32 Å². The molecule has 1 heterocycles. The van der Waals surface area contributed by atoms with Crippen LogP contribution in [0.25, 0.3) is 0 Å². The van der Waals surface area contributed by atoms with Crippen LogP contribution >= 0.6 is 15.9 Å². The highest BCUT2D eigenvalue weighted by atomic mass is 79.9. The van der Waals surface area contributed by atoms with E-state index in [0.29, 0.717) is 11.8 Å². The van der Waals surface area contributed by atoms with Crippen LogP contribution in [0.15, 0.2) is 4.47 Å². The van der Waals surface area contributed by atoms with E-state index in [0.717, 1.165) is 31.1 Å². The first-order chi connectivity index (χ1) is 9.31. The highest BCUT2D eigenvalue weighted by Crippen LogP contribution is 2.25. The molecule has 0 saturated carbocycles. The molecular weight excluding hydrogens is 314 g/mol. The Hall–Kier alpha value is -0.350. The second kappa shape index (κ2) is 8.18. The summed E-state index contributed by atoms with van der Waals surface area (Å²) in [4.78, 5) is 0. The molecule has 1 aromatic heterocycles. The Morgan fingerprint density at radius 3 is 2.25 bits per heavy atom. The smallest absolute Gasteiger partial charge is 0.0738 e. The fraction of sp³-hybridized carbons (Fsp3) is 0.812. The zero-order valence-electron chi connectivity index (χ0n) is 13.8. The van der Waals surface area contributed by atoms with Crippen molar-refractivity contribution in [2.75, 3.05) is 13.1 Å². The highest BCUT2D eigenvalue weighted by molar-refractivity contribution is 9.10. The van der Waals surface area contributed by atoms with Crippen molar-refractivity contribution < 1.29 is 0 Å². The van der Waals surface area contributed by atoms with E-state index < -0.39 is 0 Å². The average molecular weight is 344 g/mol. The maximum Gasteiger partial charge on any atom is 0.0738 e. The van der Waals surface area contributed by atoms with Crippen LogP contribution in [-0.4, -0.2) is 22.9 Å². The lowest BCUT2D eigenvalue weighted by molar-refractivity contribution is 0.369. The highest BCUT2D eigenvalue weighted by Gasteiger charge is 2.18. The fourth-order valence-electron chi connectivity index (χ4n) is 2.66. The largest absolute Gasteiger partial charge is 0.316 e. The molecule has 0 bridgehead atoms. The predicted molar refractivity (Wildman–Crippen MR) is 90.0 cm³/mol. The standard InChI is InChI=1S/C16H30BrN3/c1-11(2)7-14(10-18-9-12(3)4)8-15-16(17)13(5)19-20(15)6/h11-12,14,18H,7-10H2,1-6H3. The molecule has 0 aliphatic heterocycles. The van der Waals surface area contributed by atoms with E-state index in [-0.39, 0.29) is 0 Å². The number of aryl methyl sites for hydroxylation is 2. The number of halogens is 1. The number of nitrogens with one attached hydrogen (secondary N) is 1. The Bertz CT molecular complexity index is 410. The van der Waals surface area contributed by atoms with Crippen molar-refractivity contribution in [1.82, 2.24) is 15.1 Å². The molecular formula is C16H30BrN3. The van der Waals surface area contributed by atoms with Crippen molar-refractivity contribution in [3.05, 3.63) is 15.9 Å². The van der Waals surface area contributed by atoms with E-state index in [9.17, 15) is 0 Å². The van der Waals surface area contributed by atoms with Gasteiger partial charge in [-0.2, -0.15) is 5.10 Å². The number of hydrogen-bond donors (Lipinski definition) is 1. The lowest BCUT2D eigenvalue weighted by atomic mass is 9.92. The topological polar surface area (TPSA) is 29.9 Å². The summed E-state index contributed by atoms with van der Waals surface area (Å²) in [6, 6.07) is 0. The Morgan fingerprint density at radius 2 is 1.80 bits per heavy atom. The van der Waals surface area contributed by atoms with Crippen LogP contribution in [0.4, 0.5) is 0 Å². The third kappa shape index (κ3) is 5.57. The molecule has 0 aliphatic carbocycles. The van der Waals surface area contributed by atoms with Gasteiger partial charge in [-0.3, -0.25) is 4.68 Å². The Balaban J connectivity index is 2.68. The van der Waals surface area contributed by atoms with Gasteiger partial charge in [0.05, 0.1) is 15.9 Å². The van der Waals surface area contributed by atoms with Gasteiger partial charge in [0.25, 0.3) is 0 Å². The molecule has 4 heteroatoms. The molecule has 0 amide bonds. The van der Waals surface area contributed by atoms with Crippen LogP contribution in [-0.2, 0) is 13.5 Å². The van der Waals surface area contributed by atoms with Gasteiger partial charge in [0.1, 0.15) is 0 Å². The summed E-state index contributed by atoms with van der Waals surface area (Å²) in [6.07, 6.45) is 2.34. The molecule has 0 radical (unpaired) electrons. The van der Waals surface area contributed by atoms with Crippen molar-refractivity contribution in [1.29, 1.82) is 0 Å². The molecule has 116 valence electrons. The molecule has 0 aromatic carbocycles. The SMILES string of the molecule is Cc1nn(C)c(CC(CNCC(C)C)CC(C)C)c1Br. The summed E-state index contributed by atoms with van der Waals surface area (Å²) in [6.45, 7) is 13.4. The van der Waals surface area contributed by atoms with Gasteiger partial charge in [-0.25, -0.2) is 0 Å². The van der Waals surface area contributed by atoms with Crippen molar-refractivity contribution in [2.24, 2.45) is 24.8 Å². The fourth-order valence-corrected chi connectivity index (χ4v) is 3.15. The third-order valence-electron chi connectivity index (χ3n) is 3.53. The van der Waals surface area contributed by atoms with E-state index in [4.69, 9.17) is 0 Å². The maximum atomic E-state index is 4.50. The maximum absolute atomic E-state index is 4.50. The summed E-state index contributed by atoms with van der Waals surface area (Å²) < 4.78 is 3.20. The molecule has 20 heavy (non-hydrogen) atoms. The Morgan fingerprint density at radius 1 is 1.15 bits per heavy atom. The Kier molecular flexibility index (Phi) is 7.24. The van der Waals surface area contributed by atoms with Gasteiger partial charge in [0.2, 0.25) is 0 Å². The minimum atomic E-state index is 0.667. The second-order valence-corrected chi connectivity index (χ2v) is 7.51. The minimum Gasteiger partial charge on any atom is -0.316 e. The molecule has 3 nitrogen and oxygen atoms in total.